The van der Waals surface area contributed by atoms with Crippen molar-refractivity contribution in [3.63, 3.8) is 0 Å². The minimum atomic E-state index is -3.95. The Morgan fingerprint density at radius 3 is 2.32 bits per heavy atom. The Morgan fingerprint density at radius 2 is 1.77 bits per heavy atom. The van der Waals surface area contributed by atoms with E-state index >= 15 is 4.39 Å². The van der Waals surface area contributed by atoms with Crippen LogP contribution < -0.4 is 9.46 Å². The summed E-state index contributed by atoms with van der Waals surface area (Å²) in [6.07, 6.45) is 3.29. The van der Waals surface area contributed by atoms with Crippen molar-refractivity contribution in [2.45, 2.75) is 30.4 Å². The van der Waals surface area contributed by atoms with Crippen LogP contribution in [0.15, 0.2) is 35.5 Å². The predicted molar refractivity (Wildman–Crippen MR) is 113 cm³/mol. The third-order valence-electron chi connectivity index (χ3n) is 4.55. The minimum Gasteiger partial charge on any atom is -0.495 e. The molecule has 12 heteroatoms. The Balaban J connectivity index is 2.32. The van der Waals surface area contributed by atoms with Gasteiger partial charge in [-0.3, -0.25) is 9.12 Å². The van der Waals surface area contributed by atoms with Crippen LogP contribution in [0.1, 0.15) is 20.8 Å². The normalized spacial score (nSPS) is 12.9. The molecule has 3 aromatic rings. The van der Waals surface area contributed by atoms with Gasteiger partial charge in [-0.1, -0.05) is 0 Å². The second-order valence-corrected chi connectivity index (χ2v) is 12.3. The van der Waals surface area contributed by atoms with E-state index in [9.17, 15) is 21.2 Å². The molecular formula is C19H21F2N3O5S2. The number of imidazole rings is 1. The summed E-state index contributed by atoms with van der Waals surface area (Å²) >= 11 is 0. The van der Waals surface area contributed by atoms with Crippen LogP contribution in [0.4, 0.5) is 14.5 Å². The van der Waals surface area contributed by atoms with E-state index < -0.39 is 41.9 Å². The summed E-state index contributed by atoms with van der Waals surface area (Å²) in [7, 11) is -6.49. The van der Waals surface area contributed by atoms with Crippen LogP contribution in [0.3, 0.4) is 0 Å². The van der Waals surface area contributed by atoms with Crippen LogP contribution in [-0.2, 0) is 19.9 Å². The molecule has 0 atom stereocenters. The molecule has 0 amide bonds. The monoisotopic (exact) mass is 473 g/mol. The number of methoxy groups -OCH3 is 1. The van der Waals surface area contributed by atoms with Gasteiger partial charge in [-0.25, -0.2) is 30.6 Å². The van der Waals surface area contributed by atoms with Gasteiger partial charge >= 0.3 is 0 Å². The van der Waals surface area contributed by atoms with Crippen molar-refractivity contribution >= 4 is 31.2 Å². The third-order valence-corrected chi connectivity index (χ3v) is 7.62. The molecule has 0 fully saturated rings. The van der Waals surface area contributed by atoms with Gasteiger partial charge in [0, 0.05) is 17.8 Å². The number of hydrogen-bond donors (Lipinski definition) is 1. The van der Waals surface area contributed by atoms with E-state index in [1.165, 1.54) is 50.7 Å². The largest absolute Gasteiger partial charge is 0.495 e. The molecule has 1 aromatic carbocycles. The standard InChI is InChI=1S/C19H21F2N3O5S2/c1-19(2,3)31(27,28)15-10-24-13(9-22-16(24)8-14(15)29-4)11-6-7-12(20)18(17(11)21)23-30(5,25)26/h6-10,23H,1-5H3. The average molecular weight is 474 g/mol. The van der Waals surface area contributed by atoms with Crippen molar-refractivity contribution < 1.29 is 30.4 Å². The van der Waals surface area contributed by atoms with Gasteiger partial charge in [-0.2, -0.15) is 0 Å². The highest BCUT2D eigenvalue weighted by Gasteiger charge is 2.34. The maximum absolute atomic E-state index is 15.1. The fraction of sp³-hybridized carbons (Fsp3) is 0.316. The number of anilines is 1. The molecule has 2 heterocycles. The number of sulfone groups is 1. The van der Waals surface area contributed by atoms with Gasteiger partial charge in [0.1, 0.15) is 27.8 Å². The molecule has 168 valence electrons. The molecule has 8 nitrogen and oxygen atoms in total. The third kappa shape index (κ3) is 4.09. The van der Waals surface area contributed by atoms with E-state index in [0.717, 1.165) is 18.4 Å². The number of nitrogens with one attached hydrogen (secondary N) is 1. The molecule has 0 unspecified atom stereocenters. The zero-order valence-corrected chi connectivity index (χ0v) is 19.0. The summed E-state index contributed by atoms with van der Waals surface area (Å²) in [5, 5.41) is 0. The lowest BCUT2D eigenvalue weighted by atomic mass is 10.1. The number of aromatic nitrogens is 2. The number of ether oxygens (including phenoxy) is 1. The molecular weight excluding hydrogens is 452 g/mol. The Hall–Kier alpha value is -2.73. The number of pyridine rings is 1. The van der Waals surface area contributed by atoms with E-state index in [-0.39, 0.29) is 27.5 Å². The second kappa shape index (κ2) is 7.45. The van der Waals surface area contributed by atoms with Gasteiger partial charge in [0.15, 0.2) is 15.7 Å². The molecule has 1 N–H and O–H groups in total. The molecule has 0 saturated heterocycles. The highest BCUT2D eigenvalue weighted by atomic mass is 32.2. The average Bonchev–Trinajstić information content (AvgIpc) is 3.05. The molecule has 2 aromatic heterocycles. The molecule has 0 aliphatic heterocycles. The van der Waals surface area contributed by atoms with E-state index in [4.69, 9.17) is 4.74 Å². The zero-order valence-electron chi connectivity index (χ0n) is 17.4. The van der Waals surface area contributed by atoms with E-state index in [1.54, 1.807) is 0 Å². The lowest BCUT2D eigenvalue weighted by molar-refractivity contribution is 0.401. The number of hydrogen-bond acceptors (Lipinski definition) is 6. The Kier molecular flexibility index (Phi) is 5.51. The summed E-state index contributed by atoms with van der Waals surface area (Å²) in [5.41, 5.74) is -0.673. The van der Waals surface area contributed by atoms with Crippen molar-refractivity contribution in [2.75, 3.05) is 18.1 Å². The van der Waals surface area contributed by atoms with Crippen molar-refractivity contribution in [1.82, 2.24) is 9.38 Å². The lowest BCUT2D eigenvalue weighted by Gasteiger charge is -2.21. The first-order valence-corrected chi connectivity index (χ1v) is 12.3. The van der Waals surface area contributed by atoms with Crippen LogP contribution in [0.5, 0.6) is 5.75 Å². The quantitative estimate of drug-likeness (QED) is 0.610. The fourth-order valence-corrected chi connectivity index (χ4v) is 4.78. The van der Waals surface area contributed by atoms with Crippen LogP contribution >= 0.6 is 0 Å². The van der Waals surface area contributed by atoms with Crippen molar-refractivity contribution in [2.24, 2.45) is 0 Å². The van der Waals surface area contributed by atoms with Crippen LogP contribution in [0, 0.1) is 11.6 Å². The molecule has 0 aliphatic carbocycles. The molecule has 0 bridgehead atoms. The van der Waals surface area contributed by atoms with Gasteiger partial charge < -0.3 is 4.74 Å². The first-order valence-electron chi connectivity index (χ1n) is 8.93. The minimum absolute atomic E-state index is 0.0681. The smallest absolute Gasteiger partial charge is 0.230 e. The first-order chi connectivity index (χ1) is 14.2. The van der Waals surface area contributed by atoms with Gasteiger partial charge in [0.2, 0.25) is 10.0 Å². The number of sulfonamides is 1. The summed E-state index contributed by atoms with van der Waals surface area (Å²) in [6.45, 7) is 4.59. The summed E-state index contributed by atoms with van der Waals surface area (Å²) in [4.78, 5) is 4.01. The number of fused-ring (bicyclic) bond motifs is 1. The lowest BCUT2D eigenvalue weighted by Crippen LogP contribution is -2.28. The number of halogens is 2. The maximum atomic E-state index is 15.1. The SMILES string of the molecule is COc1cc2ncc(-c3ccc(F)c(NS(C)(=O)=O)c3F)n2cc1S(=O)(=O)C(C)(C)C. The number of rotatable bonds is 5. The van der Waals surface area contributed by atoms with Gasteiger partial charge in [0.05, 0.1) is 30.0 Å². The van der Waals surface area contributed by atoms with Gasteiger partial charge in [-0.05, 0) is 32.9 Å². The summed E-state index contributed by atoms with van der Waals surface area (Å²) in [5.74, 6) is -2.19. The molecule has 3 rings (SSSR count). The summed E-state index contributed by atoms with van der Waals surface area (Å²) < 4.78 is 85.5. The van der Waals surface area contributed by atoms with Crippen molar-refractivity contribution in [3.8, 4) is 17.0 Å². The van der Waals surface area contributed by atoms with E-state index in [2.05, 4.69) is 4.98 Å². The molecule has 31 heavy (non-hydrogen) atoms. The molecule has 0 spiro atoms. The Bertz CT molecular complexity index is 1390. The van der Waals surface area contributed by atoms with Crippen LogP contribution in [-0.4, -0.2) is 44.3 Å². The fourth-order valence-electron chi connectivity index (χ4n) is 2.91. The second-order valence-electron chi connectivity index (χ2n) is 7.85. The van der Waals surface area contributed by atoms with Gasteiger partial charge in [-0.15, -0.1) is 0 Å². The molecule has 0 saturated carbocycles. The van der Waals surface area contributed by atoms with Crippen molar-refractivity contribution in [1.29, 1.82) is 0 Å². The summed E-state index contributed by atoms with van der Waals surface area (Å²) in [6, 6.07) is 3.41. The Labute approximate surface area is 178 Å². The topological polar surface area (TPSA) is 107 Å². The van der Waals surface area contributed by atoms with Crippen LogP contribution in [0.2, 0.25) is 0 Å². The maximum Gasteiger partial charge on any atom is 0.230 e. The Morgan fingerprint density at radius 1 is 1.13 bits per heavy atom. The van der Waals surface area contributed by atoms with Gasteiger partial charge in [0.25, 0.3) is 0 Å². The molecule has 0 radical (unpaired) electrons. The predicted octanol–water partition coefficient (Wildman–Crippen LogP) is 3.23. The van der Waals surface area contributed by atoms with Crippen molar-refractivity contribution in [3.05, 3.63) is 42.2 Å². The van der Waals surface area contributed by atoms with E-state index in [0.29, 0.717) is 0 Å². The molecule has 0 aliphatic rings. The highest BCUT2D eigenvalue weighted by molar-refractivity contribution is 7.93. The first kappa shape index (κ1) is 22.9. The highest BCUT2D eigenvalue weighted by Crippen LogP contribution is 2.36. The number of nitrogens with zero attached hydrogens (tertiary/aromatic N) is 2. The number of benzene rings is 1. The van der Waals surface area contributed by atoms with E-state index in [1.807, 2.05) is 4.72 Å². The zero-order chi connectivity index (χ0) is 23.4. The van der Waals surface area contributed by atoms with Crippen LogP contribution in [0.25, 0.3) is 16.9 Å².